The Morgan fingerprint density at radius 2 is 1.94 bits per heavy atom. The predicted octanol–water partition coefficient (Wildman–Crippen LogP) is 4.92. The molecule has 2 aromatic carbocycles. The van der Waals surface area contributed by atoms with Crippen molar-refractivity contribution in [1.82, 2.24) is 0 Å². The quantitative estimate of drug-likeness (QED) is 0.764. The van der Waals surface area contributed by atoms with E-state index in [1.807, 2.05) is 0 Å². The molecule has 2 aromatic rings. The largest absolute Gasteiger partial charge is 0.495 e. The van der Waals surface area contributed by atoms with E-state index in [4.69, 9.17) is 16.3 Å². The summed E-state index contributed by atoms with van der Waals surface area (Å²) in [6.45, 7) is 0. The van der Waals surface area contributed by atoms with Crippen molar-refractivity contribution < 1.29 is 9.13 Å². The Hall–Kier alpha value is -1.06. The van der Waals surface area contributed by atoms with Crippen LogP contribution in [0.4, 0.5) is 4.39 Å². The zero-order chi connectivity index (χ0) is 12.4. The zero-order valence-corrected chi connectivity index (χ0v) is 11.3. The second-order valence-corrected chi connectivity index (χ2v) is 4.77. The van der Waals surface area contributed by atoms with Gasteiger partial charge in [-0.3, -0.25) is 0 Å². The normalized spacial score (nSPS) is 10.4. The maximum atomic E-state index is 13.9. The SMILES string of the molecule is COc1c(Cl)cccc1-c1ccc(Br)cc1F. The summed E-state index contributed by atoms with van der Waals surface area (Å²) in [4.78, 5) is 0. The minimum atomic E-state index is -0.319. The van der Waals surface area contributed by atoms with Crippen LogP contribution < -0.4 is 4.74 Å². The smallest absolute Gasteiger partial charge is 0.145 e. The van der Waals surface area contributed by atoms with Gasteiger partial charge in [0.05, 0.1) is 12.1 Å². The topological polar surface area (TPSA) is 9.23 Å². The maximum absolute atomic E-state index is 13.9. The zero-order valence-electron chi connectivity index (χ0n) is 9.01. The predicted molar refractivity (Wildman–Crippen MR) is 71.1 cm³/mol. The van der Waals surface area contributed by atoms with Gasteiger partial charge in [-0.25, -0.2) is 4.39 Å². The van der Waals surface area contributed by atoms with Crippen LogP contribution in [0.5, 0.6) is 5.75 Å². The monoisotopic (exact) mass is 314 g/mol. The summed E-state index contributed by atoms with van der Waals surface area (Å²) in [5.74, 6) is 0.162. The Morgan fingerprint density at radius 1 is 1.18 bits per heavy atom. The van der Waals surface area contributed by atoms with E-state index >= 15 is 0 Å². The summed E-state index contributed by atoms with van der Waals surface area (Å²) < 4.78 is 19.8. The summed E-state index contributed by atoms with van der Waals surface area (Å²) in [7, 11) is 1.52. The highest BCUT2D eigenvalue weighted by molar-refractivity contribution is 9.10. The fraction of sp³-hybridized carbons (Fsp3) is 0.0769. The van der Waals surface area contributed by atoms with Crippen molar-refractivity contribution >= 4 is 27.5 Å². The average Bonchev–Trinajstić information content (AvgIpc) is 2.29. The molecular weight excluding hydrogens is 306 g/mol. The van der Waals surface area contributed by atoms with Gasteiger partial charge >= 0.3 is 0 Å². The van der Waals surface area contributed by atoms with E-state index in [2.05, 4.69) is 15.9 Å². The Labute approximate surface area is 112 Å². The van der Waals surface area contributed by atoms with E-state index in [9.17, 15) is 4.39 Å². The number of para-hydroxylation sites is 1. The molecule has 0 N–H and O–H groups in total. The second kappa shape index (κ2) is 5.07. The van der Waals surface area contributed by atoms with Gasteiger partial charge in [0.2, 0.25) is 0 Å². The first-order chi connectivity index (χ1) is 8.13. The van der Waals surface area contributed by atoms with Crippen LogP contribution in [0.2, 0.25) is 5.02 Å². The van der Waals surface area contributed by atoms with Crippen LogP contribution in [0.15, 0.2) is 40.9 Å². The molecule has 0 amide bonds. The first-order valence-corrected chi connectivity index (χ1v) is 6.08. The third-order valence-electron chi connectivity index (χ3n) is 2.39. The highest BCUT2D eigenvalue weighted by Gasteiger charge is 2.13. The average molecular weight is 316 g/mol. The number of halogens is 3. The van der Waals surface area contributed by atoms with Gasteiger partial charge in [-0.05, 0) is 18.2 Å². The highest BCUT2D eigenvalue weighted by Crippen LogP contribution is 2.37. The summed E-state index contributed by atoms with van der Waals surface area (Å²) in [6.07, 6.45) is 0. The lowest BCUT2D eigenvalue weighted by Gasteiger charge is -2.11. The summed E-state index contributed by atoms with van der Waals surface area (Å²) in [6, 6.07) is 10.1. The molecule has 0 bridgehead atoms. The summed E-state index contributed by atoms with van der Waals surface area (Å²) in [5.41, 5.74) is 1.11. The van der Waals surface area contributed by atoms with E-state index < -0.39 is 0 Å². The highest BCUT2D eigenvalue weighted by atomic mass is 79.9. The molecule has 0 saturated heterocycles. The fourth-order valence-electron chi connectivity index (χ4n) is 1.64. The van der Waals surface area contributed by atoms with Gasteiger partial charge in [0, 0.05) is 15.6 Å². The molecule has 0 aliphatic rings. The van der Waals surface area contributed by atoms with Gasteiger partial charge in [-0.15, -0.1) is 0 Å². The van der Waals surface area contributed by atoms with Crippen molar-refractivity contribution in [3.8, 4) is 16.9 Å². The number of hydrogen-bond acceptors (Lipinski definition) is 1. The van der Waals surface area contributed by atoms with Crippen molar-refractivity contribution in [2.24, 2.45) is 0 Å². The standard InChI is InChI=1S/C13H9BrClFO/c1-17-13-10(3-2-4-11(13)15)9-6-5-8(14)7-12(9)16/h2-7H,1H3. The van der Waals surface area contributed by atoms with Gasteiger partial charge in [0.15, 0.2) is 0 Å². The molecule has 0 heterocycles. The van der Waals surface area contributed by atoms with Crippen molar-refractivity contribution in [2.45, 2.75) is 0 Å². The van der Waals surface area contributed by atoms with E-state index in [0.717, 1.165) is 0 Å². The molecule has 4 heteroatoms. The molecule has 0 aliphatic heterocycles. The fourth-order valence-corrected chi connectivity index (χ4v) is 2.22. The van der Waals surface area contributed by atoms with Crippen LogP contribution in [0.25, 0.3) is 11.1 Å². The molecule has 2 rings (SSSR count). The Kier molecular flexibility index (Phi) is 3.69. The van der Waals surface area contributed by atoms with Crippen molar-refractivity contribution in [3.63, 3.8) is 0 Å². The van der Waals surface area contributed by atoms with Crippen LogP contribution in [0, 0.1) is 5.82 Å². The van der Waals surface area contributed by atoms with Crippen LogP contribution in [0.3, 0.4) is 0 Å². The lowest BCUT2D eigenvalue weighted by molar-refractivity contribution is 0.416. The van der Waals surface area contributed by atoms with Gasteiger partial charge in [-0.1, -0.05) is 45.7 Å². The maximum Gasteiger partial charge on any atom is 0.145 e. The van der Waals surface area contributed by atoms with Crippen LogP contribution in [-0.2, 0) is 0 Å². The van der Waals surface area contributed by atoms with Crippen molar-refractivity contribution in [3.05, 3.63) is 51.7 Å². The van der Waals surface area contributed by atoms with Gasteiger partial charge in [0.1, 0.15) is 11.6 Å². The summed E-state index contributed by atoms with van der Waals surface area (Å²) >= 11 is 9.23. The third-order valence-corrected chi connectivity index (χ3v) is 3.18. The number of benzene rings is 2. The Balaban J connectivity index is 2.64. The molecule has 1 nitrogen and oxygen atoms in total. The molecule has 0 aromatic heterocycles. The van der Waals surface area contributed by atoms with E-state index in [1.165, 1.54) is 13.2 Å². The van der Waals surface area contributed by atoms with E-state index in [0.29, 0.717) is 26.4 Å². The molecule has 0 unspecified atom stereocenters. The Bertz CT molecular complexity index is 557. The van der Waals surface area contributed by atoms with E-state index in [1.54, 1.807) is 30.3 Å². The number of hydrogen-bond donors (Lipinski definition) is 0. The first kappa shape index (κ1) is 12.4. The molecule has 88 valence electrons. The Morgan fingerprint density at radius 3 is 2.59 bits per heavy atom. The third kappa shape index (κ3) is 2.45. The van der Waals surface area contributed by atoms with Gasteiger partial charge < -0.3 is 4.74 Å². The molecule has 0 aliphatic carbocycles. The lowest BCUT2D eigenvalue weighted by Crippen LogP contribution is -1.91. The van der Waals surface area contributed by atoms with Crippen LogP contribution in [0.1, 0.15) is 0 Å². The second-order valence-electron chi connectivity index (χ2n) is 3.44. The van der Waals surface area contributed by atoms with Gasteiger partial charge in [-0.2, -0.15) is 0 Å². The molecule has 0 atom stereocenters. The number of methoxy groups -OCH3 is 1. The van der Waals surface area contributed by atoms with Crippen molar-refractivity contribution in [2.75, 3.05) is 7.11 Å². The molecular formula is C13H9BrClFO. The number of rotatable bonds is 2. The van der Waals surface area contributed by atoms with Crippen LogP contribution in [-0.4, -0.2) is 7.11 Å². The van der Waals surface area contributed by atoms with E-state index in [-0.39, 0.29) is 5.82 Å². The minimum absolute atomic E-state index is 0.319. The first-order valence-electron chi connectivity index (χ1n) is 4.91. The summed E-state index contributed by atoms with van der Waals surface area (Å²) in [5, 5.41) is 0.465. The molecule has 17 heavy (non-hydrogen) atoms. The van der Waals surface area contributed by atoms with Gasteiger partial charge in [0.25, 0.3) is 0 Å². The molecule has 0 saturated carbocycles. The number of ether oxygens (including phenoxy) is 1. The molecule has 0 radical (unpaired) electrons. The molecule has 0 spiro atoms. The minimum Gasteiger partial charge on any atom is -0.495 e. The lowest BCUT2D eigenvalue weighted by atomic mass is 10.0. The van der Waals surface area contributed by atoms with Crippen LogP contribution >= 0.6 is 27.5 Å². The van der Waals surface area contributed by atoms with Crippen molar-refractivity contribution in [1.29, 1.82) is 0 Å². The molecule has 0 fully saturated rings.